The standard InChI is InChI=1S/C20H30N2O2.ClH/c1-20(21)13-7-6-11-17(20)19(23)22-14-15-8-2-5-12-18(15)24-16-9-3-4-10-16;/h2,5,8,12,16-17H,3-4,6-7,9-11,13-14,21H2,1H3,(H,22,23);1H. The third-order valence-corrected chi connectivity index (χ3v) is 5.59. The van der Waals surface area contributed by atoms with Crippen molar-refractivity contribution in [3.05, 3.63) is 29.8 Å². The van der Waals surface area contributed by atoms with Crippen LogP contribution in [0.5, 0.6) is 5.75 Å². The van der Waals surface area contributed by atoms with Gasteiger partial charge in [0.05, 0.1) is 12.0 Å². The summed E-state index contributed by atoms with van der Waals surface area (Å²) in [5, 5.41) is 3.09. The molecule has 0 aromatic heterocycles. The maximum Gasteiger partial charge on any atom is 0.225 e. The van der Waals surface area contributed by atoms with Gasteiger partial charge in [-0.15, -0.1) is 12.4 Å². The van der Waals surface area contributed by atoms with Crippen LogP contribution in [0.15, 0.2) is 24.3 Å². The molecule has 1 aromatic rings. The van der Waals surface area contributed by atoms with Crippen LogP contribution < -0.4 is 15.8 Å². The molecule has 0 radical (unpaired) electrons. The number of para-hydroxylation sites is 1. The first-order chi connectivity index (χ1) is 11.6. The molecular formula is C20H31ClN2O2. The molecule has 2 saturated carbocycles. The average Bonchev–Trinajstić information content (AvgIpc) is 3.06. The van der Waals surface area contributed by atoms with Crippen LogP contribution in [0.25, 0.3) is 0 Å². The van der Waals surface area contributed by atoms with Crippen LogP contribution in [0.2, 0.25) is 0 Å². The summed E-state index contributed by atoms with van der Waals surface area (Å²) in [6, 6.07) is 8.03. The fourth-order valence-electron chi connectivity index (χ4n) is 4.05. The molecule has 0 heterocycles. The second-order valence-electron chi connectivity index (χ2n) is 7.65. The number of carbonyl (C=O) groups is 1. The first-order valence-electron chi connectivity index (χ1n) is 9.37. The first-order valence-corrected chi connectivity index (χ1v) is 9.37. The van der Waals surface area contributed by atoms with Gasteiger partial charge < -0.3 is 15.8 Å². The van der Waals surface area contributed by atoms with E-state index in [1.807, 2.05) is 31.2 Å². The molecule has 4 nitrogen and oxygen atoms in total. The van der Waals surface area contributed by atoms with E-state index in [2.05, 4.69) is 5.32 Å². The Balaban J connectivity index is 0.00000225. The van der Waals surface area contributed by atoms with E-state index in [0.29, 0.717) is 12.6 Å². The van der Waals surface area contributed by atoms with Crippen LogP contribution in [0.1, 0.15) is 63.9 Å². The summed E-state index contributed by atoms with van der Waals surface area (Å²) in [6.07, 6.45) is 9.11. The molecule has 2 aliphatic rings. The van der Waals surface area contributed by atoms with Gasteiger partial charge in [0.1, 0.15) is 5.75 Å². The maximum atomic E-state index is 12.6. The van der Waals surface area contributed by atoms with Crippen LogP contribution in [0, 0.1) is 5.92 Å². The number of halogens is 1. The Kier molecular flexibility index (Phi) is 7.14. The van der Waals surface area contributed by atoms with E-state index in [1.165, 1.54) is 12.8 Å². The number of rotatable bonds is 5. The lowest BCUT2D eigenvalue weighted by molar-refractivity contribution is -0.128. The van der Waals surface area contributed by atoms with E-state index in [-0.39, 0.29) is 29.8 Å². The first kappa shape index (κ1) is 20.1. The van der Waals surface area contributed by atoms with Gasteiger partial charge in [-0.3, -0.25) is 4.79 Å². The molecule has 5 heteroatoms. The largest absolute Gasteiger partial charge is 0.490 e. The smallest absolute Gasteiger partial charge is 0.225 e. The van der Waals surface area contributed by atoms with Crippen LogP contribution >= 0.6 is 12.4 Å². The highest BCUT2D eigenvalue weighted by Gasteiger charge is 2.37. The molecule has 140 valence electrons. The lowest BCUT2D eigenvalue weighted by atomic mass is 9.74. The lowest BCUT2D eigenvalue weighted by Gasteiger charge is -2.37. The molecule has 3 rings (SSSR count). The molecule has 1 amide bonds. The molecule has 0 spiro atoms. The van der Waals surface area contributed by atoms with E-state index in [1.54, 1.807) is 0 Å². The van der Waals surface area contributed by atoms with Gasteiger partial charge in [-0.1, -0.05) is 31.0 Å². The Hall–Kier alpha value is -1.26. The zero-order valence-electron chi connectivity index (χ0n) is 15.1. The second kappa shape index (κ2) is 8.91. The summed E-state index contributed by atoms with van der Waals surface area (Å²) in [7, 11) is 0. The van der Waals surface area contributed by atoms with Gasteiger partial charge in [0, 0.05) is 17.6 Å². The Morgan fingerprint density at radius 1 is 1.20 bits per heavy atom. The number of ether oxygens (including phenoxy) is 1. The van der Waals surface area contributed by atoms with Crippen molar-refractivity contribution in [3.63, 3.8) is 0 Å². The highest BCUT2D eigenvalue weighted by molar-refractivity contribution is 5.85. The van der Waals surface area contributed by atoms with Gasteiger partial charge in [0.2, 0.25) is 5.91 Å². The average molecular weight is 367 g/mol. The maximum absolute atomic E-state index is 12.6. The molecule has 0 saturated heterocycles. The summed E-state index contributed by atoms with van der Waals surface area (Å²) < 4.78 is 6.15. The monoisotopic (exact) mass is 366 g/mol. The van der Waals surface area contributed by atoms with Gasteiger partial charge in [-0.05, 0) is 51.5 Å². The van der Waals surface area contributed by atoms with E-state index in [4.69, 9.17) is 10.5 Å². The molecular weight excluding hydrogens is 336 g/mol. The van der Waals surface area contributed by atoms with Crippen molar-refractivity contribution in [2.75, 3.05) is 0 Å². The van der Waals surface area contributed by atoms with Crippen molar-refractivity contribution in [2.45, 2.75) is 76.5 Å². The van der Waals surface area contributed by atoms with E-state index < -0.39 is 0 Å². The van der Waals surface area contributed by atoms with Crippen LogP contribution in [-0.2, 0) is 11.3 Å². The fourth-order valence-corrected chi connectivity index (χ4v) is 4.05. The predicted octanol–water partition coefficient (Wildman–Crippen LogP) is 3.95. The van der Waals surface area contributed by atoms with Crippen molar-refractivity contribution >= 4 is 18.3 Å². The molecule has 2 unspecified atom stereocenters. The molecule has 0 bridgehead atoms. The molecule has 0 aliphatic heterocycles. The van der Waals surface area contributed by atoms with Gasteiger partial charge in [-0.25, -0.2) is 0 Å². The molecule has 2 aliphatic carbocycles. The minimum Gasteiger partial charge on any atom is -0.490 e. The zero-order valence-corrected chi connectivity index (χ0v) is 15.9. The molecule has 1 aromatic carbocycles. The van der Waals surface area contributed by atoms with Crippen LogP contribution in [0.3, 0.4) is 0 Å². The molecule has 2 atom stereocenters. The van der Waals surface area contributed by atoms with Crippen molar-refractivity contribution in [1.29, 1.82) is 0 Å². The highest BCUT2D eigenvalue weighted by Crippen LogP contribution is 2.32. The minimum atomic E-state index is -0.387. The summed E-state index contributed by atoms with van der Waals surface area (Å²) in [6.45, 7) is 2.52. The highest BCUT2D eigenvalue weighted by atomic mass is 35.5. The number of amides is 1. The summed E-state index contributed by atoms with van der Waals surface area (Å²) in [5.74, 6) is 0.897. The number of hydrogen-bond donors (Lipinski definition) is 2. The van der Waals surface area contributed by atoms with Crippen LogP contribution in [-0.4, -0.2) is 17.6 Å². The number of hydrogen-bond acceptors (Lipinski definition) is 3. The zero-order chi connectivity index (χ0) is 17.0. The fraction of sp³-hybridized carbons (Fsp3) is 0.650. The third-order valence-electron chi connectivity index (χ3n) is 5.59. The van der Waals surface area contributed by atoms with Crippen molar-refractivity contribution in [2.24, 2.45) is 11.7 Å². The van der Waals surface area contributed by atoms with Gasteiger partial charge >= 0.3 is 0 Å². The Morgan fingerprint density at radius 3 is 2.60 bits per heavy atom. The summed E-state index contributed by atoms with van der Waals surface area (Å²) in [5.41, 5.74) is 7.01. The topological polar surface area (TPSA) is 64.4 Å². The summed E-state index contributed by atoms with van der Waals surface area (Å²) in [4.78, 5) is 12.6. The lowest BCUT2D eigenvalue weighted by Crippen LogP contribution is -2.52. The SMILES string of the molecule is CC1(N)CCCCC1C(=O)NCc1ccccc1OC1CCCC1.Cl. The molecule has 3 N–H and O–H groups in total. The number of nitrogens with one attached hydrogen (secondary N) is 1. The van der Waals surface area contributed by atoms with Crippen molar-refractivity contribution < 1.29 is 9.53 Å². The number of benzene rings is 1. The third kappa shape index (κ3) is 5.11. The van der Waals surface area contributed by atoms with Crippen molar-refractivity contribution in [1.82, 2.24) is 5.32 Å². The van der Waals surface area contributed by atoms with Crippen molar-refractivity contribution in [3.8, 4) is 5.75 Å². The Morgan fingerprint density at radius 2 is 1.88 bits per heavy atom. The number of carbonyl (C=O) groups excluding carboxylic acids is 1. The second-order valence-corrected chi connectivity index (χ2v) is 7.65. The number of nitrogens with two attached hydrogens (primary N) is 1. The molecule has 25 heavy (non-hydrogen) atoms. The van der Waals surface area contributed by atoms with E-state index in [0.717, 1.165) is 49.8 Å². The molecule has 2 fully saturated rings. The Bertz CT molecular complexity index is 571. The normalized spacial score (nSPS) is 26.7. The van der Waals surface area contributed by atoms with Gasteiger partial charge in [-0.2, -0.15) is 0 Å². The van der Waals surface area contributed by atoms with Crippen LogP contribution in [0.4, 0.5) is 0 Å². The van der Waals surface area contributed by atoms with E-state index in [9.17, 15) is 4.79 Å². The minimum absolute atomic E-state index is 0. The summed E-state index contributed by atoms with van der Waals surface area (Å²) >= 11 is 0. The van der Waals surface area contributed by atoms with Gasteiger partial charge in [0.15, 0.2) is 0 Å². The predicted molar refractivity (Wildman–Crippen MR) is 103 cm³/mol. The van der Waals surface area contributed by atoms with E-state index >= 15 is 0 Å². The van der Waals surface area contributed by atoms with Gasteiger partial charge in [0.25, 0.3) is 0 Å². The quantitative estimate of drug-likeness (QED) is 0.829. The Labute approximate surface area is 157 Å².